The quantitative estimate of drug-likeness (QED) is 0.267. The fourth-order valence-corrected chi connectivity index (χ4v) is 1.38. The average Bonchev–Trinajstić information content (AvgIpc) is 2.81. The lowest BCUT2D eigenvalue weighted by Crippen LogP contribution is -2.36. The van der Waals surface area contributed by atoms with E-state index in [0.717, 1.165) is 25.2 Å². The first-order valence-corrected chi connectivity index (χ1v) is 4.28. The predicted molar refractivity (Wildman–Crippen MR) is 46.5 cm³/mol. The molecule has 0 amide bonds. The largest absolute Gasteiger partial charge is 0.271 e. The second-order valence-corrected chi connectivity index (χ2v) is 3.21. The Bertz CT molecular complexity index is 144. The Labute approximate surface area is 68.5 Å². The molecule has 0 aromatic rings. The molecule has 11 heavy (non-hydrogen) atoms. The number of rotatable bonds is 5. The Hall–Kier alpha value is -0.520. The zero-order chi connectivity index (χ0) is 8.10. The smallest absolute Gasteiger partial charge is 0.0239 e. The maximum atomic E-state index is 5.39. The summed E-state index contributed by atoms with van der Waals surface area (Å²) >= 11 is 0. The molecule has 2 heteroatoms. The Morgan fingerprint density at radius 1 is 1.64 bits per heavy atom. The monoisotopic (exact) mass is 152 g/mol. The average molecular weight is 152 g/mol. The third-order valence-corrected chi connectivity index (χ3v) is 2.24. The highest BCUT2D eigenvalue weighted by molar-refractivity contribution is 4.88. The van der Waals surface area contributed by atoms with Gasteiger partial charge < -0.3 is 0 Å². The van der Waals surface area contributed by atoms with Gasteiger partial charge in [0.25, 0.3) is 0 Å². The van der Waals surface area contributed by atoms with Crippen LogP contribution in [0.1, 0.15) is 32.1 Å². The third-order valence-electron chi connectivity index (χ3n) is 2.24. The Morgan fingerprint density at radius 2 is 2.36 bits per heavy atom. The van der Waals surface area contributed by atoms with Crippen molar-refractivity contribution in [1.82, 2.24) is 5.43 Å². The van der Waals surface area contributed by atoms with Crippen LogP contribution in [-0.4, -0.2) is 6.04 Å². The molecular weight excluding hydrogens is 136 g/mol. The van der Waals surface area contributed by atoms with Gasteiger partial charge in [-0.15, -0.1) is 12.3 Å². The van der Waals surface area contributed by atoms with E-state index in [1.807, 2.05) is 0 Å². The molecule has 0 bridgehead atoms. The van der Waals surface area contributed by atoms with E-state index < -0.39 is 0 Å². The molecule has 1 rings (SSSR count). The molecule has 0 aliphatic heterocycles. The minimum absolute atomic E-state index is 0.517. The fourth-order valence-electron chi connectivity index (χ4n) is 1.38. The standard InChI is InChI=1S/C9H16N2/c1-2-3-4-5-9(11-10)8-6-7-8/h1,8-9,11H,3-7,10H2. The Balaban J connectivity index is 2.06. The highest BCUT2D eigenvalue weighted by Crippen LogP contribution is 2.34. The van der Waals surface area contributed by atoms with E-state index in [0.29, 0.717) is 6.04 Å². The lowest BCUT2D eigenvalue weighted by Gasteiger charge is -2.13. The summed E-state index contributed by atoms with van der Waals surface area (Å²) in [6, 6.07) is 0.517. The molecule has 1 fully saturated rings. The maximum absolute atomic E-state index is 5.39. The zero-order valence-corrected chi connectivity index (χ0v) is 6.84. The number of hydrogen-bond donors (Lipinski definition) is 2. The van der Waals surface area contributed by atoms with Crippen LogP contribution in [0.4, 0.5) is 0 Å². The molecule has 0 heterocycles. The van der Waals surface area contributed by atoms with Crippen molar-refractivity contribution in [2.45, 2.75) is 38.1 Å². The zero-order valence-electron chi connectivity index (χ0n) is 6.84. The summed E-state index contributed by atoms with van der Waals surface area (Å²) in [5, 5.41) is 0. The summed E-state index contributed by atoms with van der Waals surface area (Å²) in [5.74, 6) is 8.86. The van der Waals surface area contributed by atoms with E-state index in [4.69, 9.17) is 12.3 Å². The van der Waals surface area contributed by atoms with Crippen LogP contribution in [0.3, 0.4) is 0 Å². The summed E-state index contributed by atoms with van der Waals surface area (Å²) in [5.41, 5.74) is 2.85. The van der Waals surface area contributed by atoms with Gasteiger partial charge in [0, 0.05) is 12.5 Å². The second-order valence-electron chi connectivity index (χ2n) is 3.21. The maximum Gasteiger partial charge on any atom is 0.0239 e. The van der Waals surface area contributed by atoms with Crippen molar-refractivity contribution < 1.29 is 0 Å². The van der Waals surface area contributed by atoms with Gasteiger partial charge in [-0.25, -0.2) is 0 Å². The van der Waals surface area contributed by atoms with Crippen molar-refractivity contribution in [3.05, 3.63) is 0 Å². The summed E-state index contributed by atoms with van der Waals surface area (Å²) in [7, 11) is 0. The van der Waals surface area contributed by atoms with Crippen molar-refractivity contribution in [2.24, 2.45) is 11.8 Å². The summed E-state index contributed by atoms with van der Waals surface area (Å²) < 4.78 is 0. The van der Waals surface area contributed by atoms with Gasteiger partial charge in [0.05, 0.1) is 0 Å². The number of terminal acetylenes is 1. The minimum Gasteiger partial charge on any atom is -0.271 e. The van der Waals surface area contributed by atoms with Crippen molar-refractivity contribution in [3.63, 3.8) is 0 Å². The molecule has 0 aromatic carbocycles. The van der Waals surface area contributed by atoms with E-state index in [-0.39, 0.29) is 0 Å². The van der Waals surface area contributed by atoms with Crippen LogP contribution in [0.5, 0.6) is 0 Å². The second kappa shape index (κ2) is 4.38. The van der Waals surface area contributed by atoms with E-state index in [9.17, 15) is 0 Å². The summed E-state index contributed by atoms with van der Waals surface area (Å²) in [4.78, 5) is 0. The first kappa shape index (κ1) is 8.58. The van der Waals surface area contributed by atoms with E-state index in [2.05, 4.69) is 11.3 Å². The van der Waals surface area contributed by atoms with Crippen LogP contribution in [0, 0.1) is 18.3 Å². The van der Waals surface area contributed by atoms with Crippen LogP contribution in [0.15, 0.2) is 0 Å². The normalized spacial score (nSPS) is 19.3. The van der Waals surface area contributed by atoms with Crippen LogP contribution in [0.2, 0.25) is 0 Å². The molecule has 0 aromatic heterocycles. The van der Waals surface area contributed by atoms with Gasteiger partial charge in [-0.3, -0.25) is 11.3 Å². The highest BCUT2D eigenvalue weighted by Gasteiger charge is 2.29. The summed E-state index contributed by atoms with van der Waals surface area (Å²) in [6.07, 6.45) is 10.9. The number of hydrazine groups is 1. The molecule has 1 saturated carbocycles. The van der Waals surface area contributed by atoms with Crippen LogP contribution in [0.25, 0.3) is 0 Å². The van der Waals surface area contributed by atoms with Gasteiger partial charge in [0.1, 0.15) is 0 Å². The molecule has 0 saturated heterocycles. The number of nitrogens with two attached hydrogens (primary N) is 1. The van der Waals surface area contributed by atoms with E-state index >= 15 is 0 Å². The van der Waals surface area contributed by atoms with Crippen molar-refractivity contribution in [1.29, 1.82) is 0 Å². The van der Waals surface area contributed by atoms with E-state index in [1.54, 1.807) is 0 Å². The summed E-state index contributed by atoms with van der Waals surface area (Å²) in [6.45, 7) is 0. The van der Waals surface area contributed by atoms with Crippen molar-refractivity contribution >= 4 is 0 Å². The molecule has 3 N–H and O–H groups in total. The first-order valence-electron chi connectivity index (χ1n) is 4.28. The molecule has 1 aliphatic rings. The number of hydrogen-bond acceptors (Lipinski definition) is 2. The van der Waals surface area contributed by atoms with Crippen molar-refractivity contribution in [2.75, 3.05) is 0 Å². The van der Waals surface area contributed by atoms with Gasteiger partial charge in [-0.05, 0) is 31.6 Å². The van der Waals surface area contributed by atoms with Gasteiger partial charge in [-0.1, -0.05) is 0 Å². The molecular formula is C9H16N2. The van der Waals surface area contributed by atoms with Gasteiger partial charge in [0.15, 0.2) is 0 Å². The number of nitrogens with one attached hydrogen (secondary N) is 1. The molecule has 1 atom stereocenters. The van der Waals surface area contributed by atoms with Crippen LogP contribution < -0.4 is 11.3 Å². The SMILES string of the molecule is C#CCCCC(NN)C1CC1. The van der Waals surface area contributed by atoms with Gasteiger partial charge in [-0.2, -0.15) is 0 Å². The van der Waals surface area contributed by atoms with Gasteiger partial charge in [0.2, 0.25) is 0 Å². The molecule has 0 spiro atoms. The minimum atomic E-state index is 0.517. The fraction of sp³-hybridized carbons (Fsp3) is 0.778. The molecule has 0 radical (unpaired) electrons. The molecule has 1 unspecified atom stereocenters. The molecule has 62 valence electrons. The Morgan fingerprint density at radius 3 is 2.82 bits per heavy atom. The molecule has 1 aliphatic carbocycles. The van der Waals surface area contributed by atoms with Crippen LogP contribution in [-0.2, 0) is 0 Å². The predicted octanol–water partition coefficient (Wildman–Crippen LogP) is 1.03. The lowest BCUT2D eigenvalue weighted by molar-refractivity contribution is 0.436. The third kappa shape index (κ3) is 2.92. The van der Waals surface area contributed by atoms with Gasteiger partial charge >= 0.3 is 0 Å². The van der Waals surface area contributed by atoms with E-state index in [1.165, 1.54) is 12.8 Å². The highest BCUT2D eigenvalue weighted by atomic mass is 15.2. The van der Waals surface area contributed by atoms with Crippen LogP contribution >= 0.6 is 0 Å². The first-order chi connectivity index (χ1) is 5.38. The number of unbranched alkanes of at least 4 members (excludes halogenated alkanes) is 1. The Kier molecular flexibility index (Phi) is 3.41. The lowest BCUT2D eigenvalue weighted by atomic mass is 10.1. The van der Waals surface area contributed by atoms with Crippen molar-refractivity contribution in [3.8, 4) is 12.3 Å². The molecule has 2 nitrogen and oxygen atoms in total. The topological polar surface area (TPSA) is 38.0 Å².